The Bertz CT molecular complexity index is 1520. The van der Waals surface area contributed by atoms with E-state index in [0.717, 1.165) is 57.8 Å². The Kier molecular flexibility index (Phi) is 74.9. The van der Waals surface area contributed by atoms with Crippen molar-refractivity contribution in [2.75, 3.05) is 13.2 Å². The molecule has 516 valence electrons. The number of nitrogens with one attached hydrogen (secondary N) is 1. The fourth-order valence-corrected chi connectivity index (χ4v) is 12.2. The van der Waals surface area contributed by atoms with Crippen molar-refractivity contribution in [3.63, 3.8) is 0 Å². The Morgan fingerprint density at radius 2 is 0.591 bits per heavy atom. The Labute approximate surface area is 549 Å². The average Bonchev–Trinajstić information content (AvgIpc) is 3.59. The van der Waals surface area contributed by atoms with Crippen molar-refractivity contribution >= 4 is 11.9 Å². The first kappa shape index (κ1) is 85.6. The summed E-state index contributed by atoms with van der Waals surface area (Å²) in [6.07, 6.45) is 104. The third kappa shape index (κ3) is 72.6. The minimum Gasteiger partial charge on any atom is -0.466 e. The van der Waals surface area contributed by atoms with Crippen molar-refractivity contribution < 1.29 is 24.5 Å². The Hall–Kier alpha value is -2.44. The van der Waals surface area contributed by atoms with Crippen LogP contribution < -0.4 is 5.32 Å². The van der Waals surface area contributed by atoms with Crippen LogP contribution in [0, 0.1) is 0 Å². The van der Waals surface area contributed by atoms with Gasteiger partial charge >= 0.3 is 5.97 Å². The molecule has 0 aromatic rings. The van der Waals surface area contributed by atoms with Crippen LogP contribution in [0.3, 0.4) is 0 Å². The number of carbonyl (C=O) groups excluding carboxylic acids is 2. The summed E-state index contributed by atoms with van der Waals surface area (Å²) >= 11 is 0. The molecule has 6 nitrogen and oxygen atoms in total. The lowest BCUT2D eigenvalue weighted by Gasteiger charge is -2.20. The number of rotatable bonds is 74. The van der Waals surface area contributed by atoms with E-state index in [1.165, 1.54) is 340 Å². The number of hydrogen-bond donors (Lipinski definition) is 3. The third-order valence-electron chi connectivity index (χ3n) is 18.2. The van der Waals surface area contributed by atoms with E-state index in [2.05, 4.69) is 67.8 Å². The van der Waals surface area contributed by atoms with Gasteiger partial charge in [0.2, 0.25) is 5.91 Å². The maximum Gasteiger partial charge on any atom is 0.305 e. The lowest BCUT2D eigenvalue weighted by molar-refractivity contribution is -0.143. The Morgan fingerprint density at radius 1 is 0.318 bits per heavy atom. The summed E-state index contributed by atoms with van der Waals surface area (Å²) in [5.41, 5.74) is 0. The highest BCUT2D eigenvalue weighted by molar-refractivity contribution is 5.76. The van der Waals surface area contributed by atoms with Crippen molar-refractivity contribution in [1.29, 1.82) is 0 Å². The molecule has 3 N–H and O–H groups in total. The van der Waals surface area contributed by atoms with Crippen LogP contribution in [0.15, 0.2) is 60.8 Å². The van der Waals surface area contributed by atoms with Crippen LogP contribution in [-0.2, 0) is 14.3 Å². The lowest BCUT2D eigenvalue weighted by Crippen LogP contribution is -2.45. The zero-order valence-corrected chi connectivity index (χ0v) is 59.2. The molecule has 0 radical (unpaired) electrons. The molecule has 1 amide bonds. The van der Waals surface area contributed by atoms with Crippen LogP contribution in [0.1, 0.15) is 425 Å². The Balaban J connectivity index is 3.38. The van der Waals surface area contributed by atoms with Gasteiger partial charge in [0.15, 0.2) is 0 Å². The van der Waals surface area contributed by atoms with Gasteiger partial charge in [-0.15, -0.1) is 0 Å². The monoisotopic (exact) mass is 1230 g/mol. The quantitative estimate of drug-likeness (QED) is 0.0320. The van der Waals surface area contributed by atoms with Crippen LogP contribution >= 0.6 is 0 Å². The molecular weight excluding hydrogens is 1080 g/mol. The highest BCUT2D eigenvalue weighted by Gasteiger charge is 2.18. The first-order valence-corrected chi connectivity index (χ1v) is 39.6. The van der Waals surface area contributed by atoms with Gasteiger partial charge in [-0.1, -0.05) is 383 Å². The van der Waals surface area contributed by atoms with Crippen molar-refractivity contribution in [3.8, 4) is 0 Å². The molecule has 0 fully saturated rings. The summed E-state index contributed by atoms with van der Waals surface area (Å²) in [4.78, 5) is 24.6. The number of esters is 1. The van der Waals surface area contributed by atoms with Crippen molar-refractivity contribution in [2.45, 2.75) is 437 Å². The molecule has 0 bridgehead atoms. The summed E-state index contributed by atoms with van der Waals surface area (Å²) in [5.74, 6) is -0.0567. The summed E-state index contributed by atoms with van der Waals surface area (Å²) in [6.45, 7) is 4.87. The molecule has 0 heterocycles. The predicted molar refractivity (Wildman–Crippen MR) is 389 cm³/mol. The molecule has 0 spiro atoms. The van der Waals surface area contributed by atoms with E-state index >= 15 is 0 Å². The molecule has 0 aliphatic rings. The maximum atomic E-state index is 12.5. The molecule has 2 atom stereocenters. The van der Waals surface area contributed by atoms with Gasteiger partial charge < -0.3 is 20.3 Å². The topological polar surface area (TPSA) is 95.9 Å². The molecule has 6 heteroatoms. The second kappa shape index (κ2) is 77.0. The summed E-state index contributed by atoms with van der Waals surface area (Å²) in [7, 11) is 0. The van der Waals surface area contributed by atoms with E-state index in [1.54, 1.807) is 6.08 Å². The second-order valence-corrected chi connectivity index (χ2v) is 27.0. The van der Waals surface area contributed by atoms with Gasteiger partial charge in [-0.2, -0.15) is 0 Å². The van der Waals surface area contributed by atoms with Gasteiger partial charge in [0.1, 0.15) is 0 Å². The van der Waals surface area contributed by atoms with Crippen molar-refractivity contribution in [2.24, 2.45) is 0 Å². The molecule has 0 aromatic heterocycles. The summed E-state index contributed by atoms with van der Waals surface area (Å²) in [6, 6.07) is -0.627. The molecule has 2 unspecified atom stereocenters. The number of ether oxygens (including phenoxy) is 1. The number of unbranched alkanes of at least 4 members (excludes halogenated alkanes) is 55. The molecule has 0 aliphatic carbocycles. The van der Waals surface area contributed by atoms with Crippen LogP contribution in [0.5, 0.6) is 0 Å². The first-order valence-electron chi connectivity index (χ1n) is 39.6. The zero-order valence-electron chi connectivity index (χ0n) is 59.2. The highest BCUT2D eigenvalue weighted by Crippen LogP contribution is 2.19. The zero-order chi connectivity index (χ0) is 63.5. The number of carbonyl (C=O) groups is 2. The largest absolute Gasteiger partial charge is 0.466 e. The fraction of sp³-hybridized carbons (Fsp3) is 0.854. The first-order chi connectivity index (χ1) is 43.5. The van der Waals surface area contributed by atoms with Crippen LogP contribution in [0.2, 0.25) is 0 Å². The van der Waals surface area contributed by atoms with Gasteiger partial charge in [0, 0.05) is 12.8 Å². The highest BCUT2D eigenvalue weighted by atomic mass is 16.5. The minimum absolute atomic E-state index is 0.00475. The van der Waals surface area contributed by atoms with E-state index in [0.29, 0.717) is 19.4 Å². The predicted octanol–water partition coefficient (Wildman–Crippen LogP) is 26.2. The van der Waals surface area contributed by atoms with E-state index < -0.39 is 12.1 Å². The van der Waals surface area contributed by atoms with Crippen LogP contribution in [-0.4, -0.2) is 47.4 Å². The fourth-order valence-electron chi connectivity index (χ4n) is 12.2. The van der Waals surface area contributed by atoms with Gasteiger partial charge in [0.05, 0.1) is 25.4 Å². The van der Waals surface area contributed by atoms with Gasteiger partial charge in [0.25, 0.3) is 0 Å². The molecular formula is C82H153NO5. The van der Waals surface area contributed by atoms with E-state index in [4.69, 9.17) is 4.74 Å². The molecule has 0 rings (SSSR count). The van der Waals surface area contributed by atoms with Gasteiger partial charge in [-0.3, -0.25) is 9.59 Å². The lowest BCUT2D eigenvalue weighted by atomic mass is 10.0. The maximum absolute atomic E-state index is 12.5. The Morgan fingerprint density at radius 3 is 0.909 bits per heavy atom. The SMILES string of the molecule is CCC/C=C\C/C=C\CCCCCCCC(=O)OCCCCCCCCCCCCCCCCC/C=C\C/C=C\CCCCCCCCCCCCCCCCCCCC(=O)NC(CO)C(O)/C=C/CCCCCCCCCCCCCCCCCCC. The van der Waals surface area contributed by atoms with Gasteiger partial charge in [-0.25, -0.2) is 0 Å². The normalized spacial score (nSPS) is 12.8. The number of aliphatic hydroxyl groups excluding tert-OH is 2. The molecule has 0 aliphatic heterocycles. The van der Waals surface area contributed by atoms with E-state index in [1.807, 2.05) is 6.08 Å². The van der Waals surface area contributed by atoms with E-state index in [-0.39, 0.29) is 18.5 Å². The molecule has 0 saturated heterocycles. The van der Waals surface area contributed by atoms with Gasteiger partial charge in [-0.05, 0) is 89.9 Å². The third-order valence-corrected chi connectivity index (χ3v) is 18.2. The summed E-state index contributed by atoms with van der Waals surface area (Å²) in [5, 5.41) is 23.3. The van der Waals surface area contributed by atoms with Crippen LogP contribution in [0.4, 0.5) is 0 Å². The number of aliphatic hydroxyl groups is 2. The van der Waals surface area contributed by atoms with Crippen molar-refractivity contribution in [1.82, 2.24) is 5.32 Å². The smallest absolute Gasteiger partial charge is 0.305 e. The molecule has 88 heavy (non-hydrogen) atoms. The van der Waals surface area contributed by atoms with E-state index in [9.17, 15) is 19.8 Å². The average molecular weight is 1230 g/mol. The number of allylic oxidation sites excluding steroid dienone is 9. The van der Waals surface area contributed by atoms with Crippen LogP contribution in [0.25, 0.3) is 0 Å². The standard InChI is InChI=1S/C82H153NO5/c1-3-5-7-9-11-13-15-17-18-19-41-44-47-51-54-58-62-66-70-74-80(85)79(78-84)83-81(86)75-71-67-63-59-55-52-48-45-42-39-37-35-33-31-29-27-25-23-21-20-22-24-26-28-30-32-34-36-38-40-43-46-49-53-57-61-65-69-73-77-88-82(87)76-72-68-64-60-56-50-16-14-12-10-8-6-4-2/h8,10,14,16,20-21,24,26,70,74,79-80,84-85H,3-7,9,11-13,15,17-19,22-23,25,27-69,71-73,75-78H2,1-2H3,(H,83,86)/b10-8-,16-14-,21-20-,26-24-,74-70+. The minimum atomic E-state index is -0.844. The molecule has 0 aromatic carbocycles. The van der Waals surface area contributed by atoms with Crippen molar-refractivity contribution in [3.05, 3.63) is 60.8 Å². The number of hydrogen-bond acceptors (Lipinski definition) is 5. The molecule has 0 saturated carbocycles. The number of amides is 1. The summed E-state index contributed by atoms with van der Waals surface area (Å²) < 4.78 is 5.48. The second-order valence-electron chi connectivity index (χ2n) is 27.0.